The van der Waals surface area contributed by atoms with Crippen LogP contribution in [0.1, 0.15) is 46.6 Å². The molecule has 1 aromatic heterocycles. The summed E-state index contributed by atoms with van der Waals surface area (Å²) < 4.78 is 21.6. The molecule has 142 valence electrons. The van der Waals surface area contributed by atoms with Crippen LogP contribution in [0.5, 0.6) is 0 Å². The molecule has 0 aliphatic heterocycles. The lowest BCUT2D eigenvalue weighted by Gasteiger charge is -2.25. The highest BCUT2D eigenvalue weighted by molar-refractivity contribution is 7.91. The van der Waals surface area contributed by atoms with Crippen molar-refractivity contribution in [3.8, 4) is 0 Å². The Kier molecular flexibility index (Phi) is 7.16. The van der Waals surface area contributed by atoms with Crippen LogP contribution in [0.3, 0.4) is 0 Å². The molecule has 0 aliphatic carbocycles. The van der Waals surface area contributed by atoms with Gasteiger partial charge in [-0.25, -0.2) is 14.1 Å². The van der Waals surface area contributed by atoms with Gasteiger partial charge in [0.2, 0.25) is 0 Å². The zero-order valence-corrected chi connectivity index (χ0v) is 17.1. The molecular formula is C16H27N3O4S2. The van der Waals surface area contributed by atoms with Crippen molar-refractivity contribution in [3.05, 3.63) is 16.3 Å². The summed E-state index contributed by atoms with van der Waals surface area (Å²) in [4.78, 5) is 24.9. The van der Waals surface area contributed by atoms with E-state index in [1.165, 1.54) is 11.3 Å². The molecule has 25 heavy (non-hydrogen) atoms. The molecule has 1 unspecified atom stereocenters. The minimum absolute atomic E-state index is 0.220. The Morgan fingerprint density at radius 3 is 2.44 bits per heavy atom. The fraction of sp³-hybridized carbons (Fsp3) is 0.625. The molecular weight excluding hydrogens is 362 g/mol. The van der Waals surface area contributed by atoms with E-state index in [0.29, 0.717) is 16.9 Å². The first-order valence-electron chi connectivity index (χ1n) is 7.98. The van der Waals surface area contributed by atoms with E-state index in [0.717, 1.165) is 0 Å². The van der Waals surface area contributed by atoms with Crippen LogP contribution in [-0.2, 0) is 19.4 Å². The molecule has 0 saturated heterocycles. The maximum absolute atomic E-state index is 12.7. The van der Waals surface area contributed by atoms with Gasteiger partial charge in [-0.1, -0.05) is 20.3 Å². The van der Waals surface area contributed by atoms with E-state index in [1.54, 1.807) is 45.4 Å². The van der Waals surface area contributed by atoms with Crippen molar-refractivity contribution in [1.82, 2.24) is 5.32 Å². The zero-order chi connectivity index (χ0) is 19.4. The molecule has 3 atom stereocenters. The van der Waals surface area contributed by atoms with Crippen LogP contribution in [0.4, 0.5) is 4.79 Å². The summed E-state index contributed by atoms with van der Waals surface area (Å²) in [6, 6.07) is -0.955. The maximum Gasteiger partial charge on any atom is 0.408 e. The molecule has 0 saturated carbocycles. The van der Waals surface area contributed by atoms with Crippen LogP contribution in [-0.4, -0.2) is 27.9 Å². The van der Waals surface area contributed by atoms with Gasteiger partial charge in [0.1, 0.15) is 21.6 Å². The van der Waals surface area contributed by atoms with Gasteiger partial charge in [-0.3, -0.25) is 4.79 Å². The molecule has 7 nitrogen and oxygen atoms in total. The maximum atomic E-state index is 12.7. The highest BCUT2D eigenvalue weighted by Gasteiger charge is 2.29. The fourth-order valence-corrected chi connectivity index (χ4v) is 4.51. The third kappa shape index (κ3) is 6.41. The number of nitrogens with one attached hydrogen (secondary N) is 1. The number of nitrogens with two attached hydrogens (primary N) is 1. The van der Waals surface area contributed by atoms with Gasteiger partial charge >= 0.3 is 6.09 Å². The Labute approximate surface area is 153 Å². The molecule has 3 N–H and O–H groups in total. The average Bonchev–Trinajstić information content (AvgIpc) is 2.88. The molecule has 1 rings (SSSR count). The van der Waals surface area contributed by atoms with Crippen molar-refractivity contribution in [2.45, 2.75) is 64.5 Å². The topological polar surface area (TPSA) is 111 Å². The number of amides is 2. The quantitative estimate of drug-likeness (QED) is 0.805. The SMILES string of the molecule is CC[C@H](C)[C@H](NC(=O)OC(C)(C)C)C(=O)N=S(N)(=O)c1cscc1C. The number of alkyl carbamates (subject to hydrolysis) is 1. The molecule has 0 aromatic carbocycles. The van der Waals surface area contributed by atoms with Gasteiger partial charge in [0.15, 0.2) is 0 Å². The standard InChI is InChI=1S/C16H27N3O4S2/c1-7-10(2)13(18-15(21)23-16(4,5)6)14(20)19-25(17,22)12-9-24-8-11(12)3/h8-10,13H,7H2,1-6H3,(H,18,21)(H2,17,19,20,22)/t10-,13-,25?/m0/s1. The first-order chi connectivity index (χ1) is 11.4. The van der Waals surface area contributed by atoms with E-state index in [4.69, 9.17) is 9.88 Å². The third-order valence-electron chi connectivity index (χ3n) is 3.50. The monoisotopic (exact) mass is 389 g/mol. The van der Waals surface area contributed by atoms with Crippen LogP contribution in [0.25, 0.3) is 0 Å². The summed E-state index contributed by atoms with van der Waals surface area (Å²) in [5.41, 5.74) is 0.0219. The van der Waals surface area contributed by atoms with Crippen molar-refractivity contribution in [2.24, 2.45) is 15.4 Å². The van der Waals surface area contributed by atoms with Gasteiger partial charge in [0.05, 0.1) is 4.90 Å². The summed E-state index contributed by atoms with van der Waals surface area (Å²) >= 11 is 1.34. The predicted octanol–water partition coefficient (Wildman–Crippen LogP) is 3.22. The van der Waals surface area contributed by atoms with E-state index < -0.39 is 33.6 Å². The molecule has 0 bridgehead atoms. The van der Waals surface area contributed by atoms with Crippen LogP contribution >= 0.6 is 11.3 Å². The van der Waals surface area contributed by atoms with Gasteiger partial charge in [-0.2, -0.15) is 11.3 Å². The first kappa shape index (κ1) is 21.6. The van der Waals surface area contributed by atoms with Crippen LogP contribution in [0.15, 0.2) is 20.0 Å². The minimum atomic E-state index is -3.36. The fourth-order valence-electron chi connectivity index (χ4n) is 2.01. The number of nitrogens with zero attached hydrogens (tertiary/aromatic N) is 1. The lowest BCUT2D eigenvalue weighted by Crippen LogP contribution is -2.46. The number of rotatable bonds is 5. The van der Waals surface area contributed by atoms with Crippen LogP contribution < -0.4 is 10.5 Å². The highest BCUT2D eigenvalue weighted by atomic mass is 32.2. The lowest BCUT2D eigenvalue weighted by atomic mass is 9.99. The lowest BCUT2D eigenvalue weighted by molar-refractivity contribution is -0.120. The van der Waals surface area contributed by atoms with Gasteiger partial charge in [-0.05, 0) is 44.6 Å². The van der Waals surface area contributed by atoms with Crippen molar-refractivity contribution in [1.29, 1.82) is 0 Å². The number of hydrogen-bond acceptors (Lipinski definition) is 5. The number of aryl methyl sites for hydroxylation is 1. The Morgan fingerprint density at radius 1 is 1.40 bits per heavy atom. The zero-order valence-electron chi connectivity index (χ0n) is 15.5. The van der Waals surface area contributed by atoms with Gasteiger partial charge in [0.25, 0.3) is 5.91 Å². The van der Waals surface area contributed by atoms with Gasteiger partial charge in [0, 0.05) is 5.38 Å². The van der Waals surface area contributed by atoms with Crippen molar-refractivity contribution in [3.63, 3.8) is 0 Å². The largest absolute Gasteiger partial charge is 0.444 e. The van der Waals surface area contributed by atoms with Gasteiger partial charge in [-0.15, -0.1) is 4.36 Å². The summed E-state index contributed by atoms with van der Waals surface area (Å²) in [6.07, 6.45) is -0.109. The molecule has 2 amide bonds. The van der Waals surface area contributed by atoms with E-state index in [-0.39, 0.29) is 5.92 Å². The average molecular weight is 390 g/mol. The first-order valence-corrected chi connectivity index (χ1v) is 10.5. The second-order valence-corrected chi connectivity index (χ2v) is 9.43. The van der Waals surface area contributed by atoms with Crippen molar-refractivity contribution < 1.29 is 18.5 Å². The number of carbonyl (C=O) groups is 2. The van der Waals surface area contributed by atoms with E-state index in [2.05, 4.69) is 9.68 Å². The van der Waals surface area contributed by atoms with Crippen LogP contribution in [0.2, 0.25) is 0 Å². The Hall–Kier alpha value is -1.45. The number of thiophene rings is 1. The molecule has 1 heterocycles. The second-order valence-electron chi connectivity index (χ2n) is 6.93. The van der Waals surface area contributed by atoms with E-state index >= 15 is 0 Å². The summed E-state index contributed by atoms with van der Waals surface area (Å²) in [5, 5.41) is 11.7. The predicted molar refractivity (Wildman–Crippen MR) is 99.7 cm³/mol. The van der Waals surface area contributed by atoms with E-state index in [9.17, 15) is 13.8 Å². The molecule has 0 aliphatic rings. The summed E-state index contributed by atoms with van der Waals surface area (Å²) in [7, 11) is -3.36. The Bertz CT molecular complexity index is 743. The highest BCUT2D eigenvalue weighted by Crippen LogP contribution is 2.20. The van der Waals surface area contributed by atoms with Crippen LogP contribution in [0, 0.1) is 12.8 Å². The Balaban J connectivity index is 3.09. The van der Waals surface area contributed by atoms with Crippen molar-refractivity contribution in [2.75, 3.05) is 0 Å². The number of carbonyl (C=O) groups excluding carboxylic acids is 2. The smallest absolute Gasteiger partial charge is 0.408 e. The van der Waals surface area contributed by atoms with E-state index in [1.807, 2.05) is 6.92 Å². The van der Waals surface area contributed by atoms with Crippen molar-refractivity contribution >= 4 is 33.3 Å². The molecule has 0 radical (unpaired) electrons. The molecule has 9 heteroatoms. The number of ether oxygens (including phenoxy) is 1. The summed E-state index contributed by atoms with van der Waals surface area (Å²) in [6.45, 7) is 10.6. The molecule has 0 spiro atoms. The second kappa shape index (κ2) is 8.29. The Morgan fingerprint density at radius 2 is 2.00 bits per heavy atom. The third-order valence-corrected chi connectivity index (χ3v) is 6.03. The normalized spacial score (nSPS) is 16.4. The molecule has 1 aromatic rings. The molecule has 0 fully saturated rings. The minimum Gasteiger partial charge on any atom is -0.444 e. The summed E-state index contributed by atoms with van der Waals surface area (Å²) in [5.74, 6) is -0.944. The number of hydrogen-bond donors (Lipinski definition) is 2. The van der Waals surface area contributed by atoms with Gasteiger partial charge < -0.3 is 10.1 Å².